The van der Waals surface area contributed by atoms with Crippen LogP contribution in [-0.4, -0.2) is 22.3 Å². The Morgan fingerprint density at radius 3 is 2.94 bits per heavy atom. The van der Waals surface area contributed by atoms with Crippen LogP contribution >= 0.6 is 25.5 Å². The number of rotatable bonds is 3. The monoisotopic (exact) mass is 274 g/mol. The van der Waals surface area contributed by atoms with Crippen LogP contribution in [0.25, 0.3) is 0 Å². The van der Waals surface area contributed by atoms with Gasteiger partial charge in [-0.05, 0) is 19.0 Å². The molecule has 8 heteroatoms. The van der Waals surface area contributed by atoms with Crippen LogP contribution in [0.3, 0.4) is 0 Å². The third kappa shape index (κ3) is 2.65. The maximum atomic E-state index is 11.6. The lowest BCUT2D eigenvalue weighted by molar-refractivity contribution is -0.00212. The van der Waals surface area contributed by atoms with Crippen LogP contribution in [0.4, 0.5) is 0 Å². The molecule has 2 rings (SSSR count). The third-order valence-electron chi connectivity index (χ3n) is 2.27. The normalized spacial score (nSPS) is 23.2. The van der Waals surface area contributed by atoms with E-state index in [4.69, 9.17) is 4.74 Å². The van der Waals surface area contributed by atoms with Crippen LogP contribution in [0.2, 0.25) is 0 Å². The first-order chi connectivity index (χ1) is 8.11. The second-order valence-corrected chi connectivity index (χ2v) is 4.17. The molecule has 0 spiro atoms. The molecular formula is C9H10N2O4S2. The minimum Gasteiger partial charge on any atom is -0.344 e. The highest BCUT2D eigenvalue weighted by atomic mass is 32.1. The standard InChI is InChI=1S/C9H10N2O4S2/c12-8-6(16)3-11(9(13)10-8)7-2-1-5(15-7)4-14-17/h1-3,5,7,16-17H,4H2,(H,10,12,13). The number of nitrogens with one attached hydrogen (secondary N) is 1. The minimum atomic E-state index is -0.571. The van der Waals surface area contributed by atoms with Gasteiger partial charge in [-0.3, -0.25) is 14.3 Å². The molecule has 0 amide bonds. The van der Waals surface area contributed by atoms with Crippen LogP contribution < -0.4 is 11.2 Å². The predicted octanol–water partition coefficient (Wildman–Crippen LogP) is 0.140. The van der Waals surface area contributed by atoms with E-state index in [9.17, 15) is 9.59 Å². The Hall–Kier alpha value is -0.960. The number of ether oxygens (including phenoxy) is 1. The third-order valence-corrected chi connectivity index (χ3v) is 2.73. The van der Waals surface area contributed by atoms with Gasteiger partial charge in [-0.1, -0.05) is 6.08 Å². The van der Waals surface area contributed by atoms with Crippen molar-refractivity contribution >= 4 is 25.5 Å². The summed E-state index contributed by atoms with van der Waals surface area (Å²) in [4.78, 5) is 25.0. The van der Waals surface area contributed by atoms with Crippen molar-refractivity contribution in [2.45, 2.75) is 17.2 Å². The van der Waals surface area contributed by atoms with Crippen molar-refractivity contribution in [3.8, 4) is 0 Å². The van der Waals surface area contributed by atoms with Crippen molar-refractivity contribution in [1.29, 1.82) is 0 Å². The molecule has 0 saturated carbocycles. The lowest BCUT2D eigenvalue weighted by Crippen LogP contribution is -2.33. The highest BCUT2D eigenvalue weighted by Gasteiger charge is 2.21. The van der Waals surface area contributed by atoms with E-state index in [1.807, 2.05) is 0 Å². The molecule has 0 radical (unpaired) electrons. The fraction of sp³-hybridized carbons (Fsp3) is 0.333. The van der Waals surface area contributed by atoms with Crippen molar-refractivity contribution < 1.29 is 8.92 Å². The van der Waals surface area contributed by atoms with E-state index < -0.39 is 17.5 Å². The van der Waals surface area contributed by atoms with Crippen LogP contribution in [0, 0.1) is 0 Å². The quantitative estimate of drug-likeness (QED) is 0.416. The summed E-state index contributed by atoms with van der Waals surface area (Å²) >= 11 is 7.57. The molecule has 1 aliphatic heterocycles. The van der Waals surface area contributed by atoms with E-state index >= 15 is 0 Å². The highest BCUT2D eigenvalue weighted by molar-refractivity contribution is 7.80. The molecule has 1 aromatic heterocycles. The summed E-state index contributed by atoms with van der Waals surface area (Å²) in [5.41, 5.74) is -1.07. The Bertz CT molecular complexity index is 551. The molecule has 17 heavy (non-hydrogen) atoms. The number of hydrogen-bond acceptors (Lipinski definition) is 6. The summed E-state index contributed by atoms with van der Waals surface area (Å²) in [6.07, 6.45) is 3.96. The van der Waals surface area contributed by atoms with Crippen LogP contribution in [0.5, 0.6) is 0 Å². The lowest BCUT2D eigenvalue weighted by atomic mass is 10.4. The molecule has 1 N–H and O–H groups in total. The summed E-state index contributed by atoms with van der Waals surface area (Å²) in [6, 6.07) is 0. The fourth-order valence-electron chi connectivity index (χ4n) is 1.48. The van der Waals surface area contributed by atoms with Gasteiger partial charge in [0.2, 0.25) is 0 Å². The average Bonchev–Trinajstić information content (AvgIpc) is 2.72. The molecule has 0 bridgehead atoms. The van der Waals surface area contributed by atoms with Crippen molar-refractivity contribution in [3.63, 3.8) is 0 Å². The largest absolute Gasteiger partial charge is 0.344 e. The van der Waals surface area contributed by atoms with Gasteiger partial charge in [0, 0.05) is 6.20 Å². The van der Waals surface area contributed by atoms with E-state index in [1.54, 1.807) is 12.2 Å². The van der Waals surface area contributed by atoms with E-state index in [2.05, 4.69) is 34.7 Å². The summed E-state index contributed by atoms with van der Waals surface area (Å²) in [7, 11) is 0. The van der Waals surface area contributed by atoms with Gasteiger partial charge in [0.05, 0.1) is 11.5 Å². The fourth-order valence-corrected chi connectivity index (χ4v) is 1.81. The molecule has 92 valence electrons. The van der Waals surface area contributed by atoms with Crippen molar-refractivity contribution in [2.75, 3.05) is 6.61 Å². The molecule has 0 aromatic carbocycles. The van der Waals surface area contributed by atoms with Gasteiger partial charge in [0.1, 0.15) is 6.10 Å². The van der Waals surface area contributed by atoms with Crippen LogP contribution in [0.15, 0.2) is 32.8 Å². The first-order valence-electron chi connectivity index (χ1n) is 4.76. The number of H-pyrrole nitrogens is 1. The summed E-state index contributed by atoms with van der Waals surface area (Å²) in [5.74, 6) is 0. The smallest absolute Gasteiger partial charge is 0.330 e. The Balaban J connectivity index is 2.26. The Morgan fingerprint density at radius 2 is 2.24 bits per heavy atom. The summed E-state index contributed by atoms with van der Waals surface area (Å²) in [6.45, 7) is 0.280. The van der Waals surface area contributed by atoms with Gasteiger partial charge in [0.15, 0.2) is 6.23 Å². The van der Waals surface area contributed by atoms with Crippen molar-refractivity contribution in [2.24, 2.45) is 0 Å². The Morgan fingerprint density at radius 1 is 1.47 bits per heavy atom. The Kier molecular flexibility index (Phi) is 3.77. The van der Waals surface area contributed by atoms with E-state index in [-0.39, 0.29) is 17.6 Å². The number of nitrogens with zero attached hydrogens (tertiary/aromatic N) is 1. The highest BCUT2D eigenvalue weighted by Crippen LogP contribution is 2.20. The van der Waals surface area contributed by atoms with Gasteiger partial charge in [0.25, 0.3) is 5.56 Å². The van der Waals surface area contributed by atoms with Gasteiger partial charge in [-0.25, -0.2) is 4.79 Å². The number of aromatic nitrogens is 2. The Labute approximate surface area is 107 Å². The zero-order valence-corrected chi connectivity index (χ0v) is 10.4. The van der Waals surface area contributed by atoms with Crippen molar-refractivity contribution in [1.82, 2.24) is 9.55 Å². The molecular weight excluding hydrogens is 264 g/mol. The summed E-state index contributed by atoms with van der Waals surface area (Å²) < 4.78 is 11.4. The van der Waals surface area contributed by atoms with E-state index in [1.165, 1.54) is 10.8 Å². The van der Waals surface area contributed by atoms with Crippen LogP contribution in [0.1, 0.15) is 6.23 Å². The first kappa shape index (κ1) is 12.5. The molecule has 0 fully saturated rings. The average molecular weight is 274 g/mol. The molecule has 0 saturated heterocycles. The molecule has 2 heterocycles. The van der Waals surface area contributed by atoms with Gasteiger partial charge >= 0.3 is 5.69 Å². The molecule has 2 unspecified atom stereocenters. The van der Waals surface area contributed by atoms with Crippen LogP contribution in [-0.2, 0) is 8.92 Å². The topological polar surface area (TPSA) is 73.3 Å². The maximum Gasteiger partial charge on any atom is 0.330 e. The molecule has 2 atom stereocenters. The first-order valence-corrected chi connectivity index (χ1v) is 5.57. The molecule has 0 aliphatic carbocycles. The maximum absolute atomic E-state index is 11.6. The lowest BCUT2D eigenvalue weighted by Gasteiger charge is -2.15. The van der Waals surface area contributed by atoms with E-state index in [0.29, 0.717) is 0 Å². The van der Waals surface area contributed by atoms with Crippen molar-refractivity contribution in [3.05, 3.63) is 39.2 Å². The zero-order chi connectivity index (χ0) is 12.4. The second kappa shape index (κ2) is 5.13. The van der Waals surface area contributed by atoms with Gasteiger partial charge in [-0.2, -0.15) is 0 Å². The van der Waals surface area contributed by atoms with E-state index in [0.717, 1.165) is 0 Å². The second-order valence-electron chi connectivity index (χ2n) is 3.43. The van der Waals surface area contributed by atoms with Gasteiger partial charge < -0.3 is 8.92 Å². The SMILES string of the molecule is O=c1[nH]c(=O)n(C2C=CC(COS)O2)cc1S. The number of hydrogen-bond donors (Lipinski definition) is 3. The molecule has 6 nitrogen and oxygen atoms in total. The number of thiol groups is 2. The molecule has 1 aliphatic rings. The summed E-state index contributed by atoms with van der Waals surface area (Å²) in [5, 5.41) is 0. The number of aromatic amines is 1. The molecule has 1 aromatic rings. The predicted molar refractivity (Wildman–Crippen MR) is 66.6 cm³/mol. The zero-order valence-electron chi connectivity index (χ0n) is 8.57. The van der Waals surface area contributed by atoms with Gasteiger partial charge in [-0.15, -0.1) is 12.6 Å². The minimum absolute atomic E-state index is 0.149.